The highest BCUT2D eigenvalue weighted by Crippen LogP contribution is 2.12. The fourth-order valence-electron chi connectivity index (χ4n) is 3.16. The van der Waals surface area contributed by atoms with Crippen LogP contribution in [0.1, 0.15) is 36.7 Å². The van der Waals surface area contributed by atoms with E-state index in [1.54, 1.807) is 10.9 Å². The highest BCUT2D eigenvalue weighted by Gasteiger charge is 2.39. The second-order valence-corrected chi connectivity index (χ2v) is 7.44. The first-order valence-electron chi connectivity index (χ1n) is 9.69. The lowest BCUT2D eigenvalue weighted by molar-refractivity contribution is -0.132. The van der Waals surface area contributed by atoms with Crippen molar-refractivity contribution in [1.82, 2.24) is 30.5 Å². The zero-order valence-corrected chi connectivity index (χ0v) is 16.9. The largest absolute Gasteiger partial charge is 0.354 e. The number of carbonyl (C=O) groups excluding carboxylic acids is 3. The zero-order valence-electron chi connectivity index (χ0n) is 16.9. The smallest absolute Gasteiger partial charge is 0.325 e. The summed E-state index contributed by atoms with van der Waals surface area (Å²) in [6.45, 7) is 6.10. The minimum absolute atomic E-state index is 0.157. The van der Waals surface area contributed by atoms with Crippen molar-refractivity contribution in [2.45, 2.75) is 45.7 Å². The topological polar surface area (TPSA) is 109 Å². The van der Waals surface area contributed by atoms with Crippen LogP contribution in [0.5, 0.6) is 0 Å². The molecular formula is C20H26N6O3. The van der Waals surface area contributed by atoms with Crippen molar-refractivity contribution in [3.05, 3.63) is 47.3 Å². The second kappa shape index (κ2) is 8.85. The lowest BCUT2D eigenvalue weighted by Gasteiger charge is -2.13. The van der Waals surface area contributed by atoms with Crippen LogP contribution in [0.2, 0.25) is 0 Å². The van der Waals surface area contributed by atoms with Gasteiger partial charge < -0.3 is 10.6 Å². The molecule has 0 radical (unpaired) electrons. The van der Waals surface area contributed by atoms with E-state index in [1.165, 1.54) is 0 Å². The van der Waals surface area contributed by atoms with Crippen LogP contribution in [0.3, 0.4) is 0 Å². The van der Waals surface area contributed by atoms with Gasteiger partial charge in [-0.05, 0) is 38.3 Å². The van der Waals surface area contributed by atoms with Gasteiger partial charge in [-0.25, -0.2) is 9.48 Å². The van der Waals surface area contributed by atoms with E-state index >= 15 is 0 Å². The van der Waals surface area contributed by atoms with Crippen molar-refractivity contribution >= 4 is 17.8 Å². The van der Waals surface area contributed by atoms with Gasteiger partial charge in [0.15, 0.2) is 0 Å². The van der Waals surface area contributed by atoms with E-state index < -0.39 is 18.0 Å². The molecule has 1 aromatic heterocycles. The second-order valence-electron chi connectivity index (χ2n) is 7.44. The van der Waals surface area contributed by atoms with Crippen molar-refractivity contribution in [2.75, 3.05) is 13.1 Å². The molecule has 1 aromatic carbocycles. The Kier molecular flexibility index (Phi) is 6.26. The Balaban J connectivity index is 1.50. The van der Waals surface area contributed by atoms with Gasteiger partial charge in [-0.1, -0.05) is 29.5 Å². The van der Waals surface area contributed by atoms with Crippen LogP contribution in [0.15, 0.2) is 30.5 Å². The number of carbonyl (C=O) groups is 3. The maximum Gasteiger partial charge on any atom is 0.325 e. The van der Waals surface area contributed by atoms with Crippen molar-refractivity contribution in [1.29, 1.82) is 0 Å². The van der Waals surface area contributed by atoms with Crippen molar-refractivity contribution in [2.24, 2.45) is 0 Å². The monoisotopic (exact) mass is 398 g/mol. The van der Waals surface area contributed by atoms with E-state index in [0.717, 1.165) is 16.0 Å². The Labute approximate surface area is 169 Å². The van der Waals surface area contributed by atoms with Gasteiger partial charge in [0.2, 0.25) is 5.91 Å². The van der Waals surface area contributed by atoms with E-state index in [-0.39, 0.29) is 24.9 Å². The molecule has 1 saturated heterocycles. The molecule has 0 bridgehead atoms. The highest BCUT2D eigenvalue weighted by molar-refractivity contribution is 6.06. The summed E-state index contributed by atoms with van der Waals surface area (Å²) in [5.74, 6) is -0.795. The lowest BCUT2D eigenvalue weighted by Crippen LogP contribution is -2.41. The number of nitrogens with zero attached hydrogens (tertiary/aromatic N) is 4. The van der Waals surface area contributed by atoms with Gasteiger partial charge in [-0.2, -0.15) is 0 Å². The summed E-state index contributed by atoms with van der Waals surface area (Å²) in [6.07, 6.45) is 2.68. The number of amides is 4. The number of hydrogen-bond acceptors (Lipinski definition) is 5. The maximum absolute atomic E-state index is 12.5. The number of rotatable bonds is 8. The Morgan fingerprint density at radius 3 is 2.72 bits per heavy atom. The van der Waals surface area contributed by atoms with Gasteiger partial charge in [0.1, 0.15) is 12.6 Å². The average molecular weight is 398 g/mol. The molecule has 9 heteroatoms. The van der Waals surface area contributed by atoms with Gasteiger partial charge in [-0.3, -0.25) is 14.5 Å². The summed E-state index contributed by atoms with van der Waals surface area (Å²) in [5.41, 5.74) is 2.92. The number of benzene rings is 1. The van der Waals surface area contributed by atoms with Crippen LogP contribution in [0.4, 0.5) is 4.79 Å². The minimum Gasteiger partial charge on any atom is -0.354 e. The summed E-state index contributed by atoms with van der Waals surface area (Å²) < 4.78 is 1.69. The van der Waals surface area contributed by atoms with Crippen molar-refractivity contribution in [3.8, 4) is 0 Å². The summed E-state index contributed by atoms with van der Waals surface area (Å²) in [6, 6.07) is 6.81. The maximum atomic E-state index is 12.5. The first-order chi connectivity index (χ1) is 13.8. The molecule has 154 valence electrons. The Hall–Kier alpha value is -3.23. The summed E-state index contributed by atoms with van der Waals surface area (Å²) in [5, 5.41) is 13.4. The van der Waals surface area contributed by atoms with Gasteiger partial charge in [-0.15, -0.1) is 5.10 Å². The Bertz CT molecular complexity index is 907. The number of urea groups is 1. The van der Waals surface area contributed by atoms with Gasteiger partial charge in [0.25, 0.3) is 5.91 Å². The molecule has 2 aromatic rings. The normalized spacial score (nSPS) is 16.4. The lowest BCUT2D eigenvalue weighted by atomic mass is 10.1. The minimum atomic E-state index is -0.736. The van der Waals surface area contributed by atoms with E-state index in [9.17, 15) is 14.4 Å². The number of hydrogen-bond donors (Lipinski definition) is 2. The fourth-order valence-corrected chi connectivity index (χ4v) is 3.16. The molecule has 29 heavy (non-hydrogen) atoms. The van der Waals surface area contributed by atoms with Crippen LogP contribution >= 0.6 is 0 Å². The van der Waals surface area contributed by atoms with Crippen LogP contribution in [0, 0.1) is 6.92 Å². The molecule has 2 heterocycles. The molecule has 0 unspecified atom stereocenters. The zero-order chi connectivity index (χ0) is 21.0. The molecule has 9 nitrogen and oxygen atoms in total. The van der Waals surface area contributed by atoms with Crippen molar-refractivity contribution in [3.63, 3.8) is 0 Å². The van der Waals surface area contributed by atoms with Gasteiger partial charge in [0.05, 0.1) is 5.69 Å². The molecule has 1 aliphatic heterocycles. The summed E-state index contributed by atoms with van der Waals surface area (Å²) in [7, 11) is 0. The Morgan fingerprint density at radius 1 is 1.28 bits per heavy atom. The predicted octanol–water partition coefficient (Wildman–Crippen LogP) is 0.989. The average Bonchev–Trinajstić information content (AvgIpc) is 3.24. The van der Waals surface area contributed by atoms with Crippen LogP contribution in [-0.4, -0.2) is 56.9 Å². The van der Waals surface area contributed by atoms with Crippen LogP contribution in [0.25, 0.3) is 0 Å². The first kappa shape index (κ1) is 20.5. The molecule has 4 amide bonds. The number of aromatic nitrogens is 3. The molecule has 1 fully saturated rings. The molecule has 0 aliphatic carbocycles. The standard InChI is InChI=1S/C20H26N6O3/c1-13(2)26-11-16(23-24-26)10-17-19(28)25(20(29)22-17)12-18(27)21-9-8-15-7-5-4-6-14(15)3/h4-7,11,13,17H,8-10,12H2,1-3H3,(H,21,27)(H,22,29)/t17-/m0/s1. The SMILES string of the molecule is Cc1ccccc1CCNC(=O)CN1C(=O)N[C@@H](Cc2cn(C(C)C)nn2)C1=O. The van der Waals surface area contributed by atoms with Crippen LogP contribution < -0.4 is 10.6 Å². The van der Waals surface area contributed by atoms with Crippen molar-refractivity contribution < 1.29 is 14.4 Å². The number of imide groups is 1. The van der Waals surface area contributed by atoms with E-state index in [2.05, 4.69) is 20.9 Å². The van der Waals surface area contributed by atoms with Gasteiger partial charge in [0, 0.05) is 25.2 Å². The number of aryl methyl sites for hydroxylation is 1. The summed E-state index contributed by atoms with van der Waals surface area (Å²) >= 11 is 0. The number of nitrogens with one attached hydrogen (secondary N) is 2. The molecule has 1 aliphatic rings. The molecule has 0 spiro atoms. The van der Waals surface area contributed by atoms with Gasteiger partial charge >= 0.3 is 6.03 Å². The third-order valence-electron chi connectivity index (χ3n) is 4.89. The third-order valence-corrected chi connectivity index (χ3v) is 4.89. The van der Waals surface area contributed by atoms with E-state index in [4.69, 9.17) is 0 Å². The predicted molar refractivity (Wildman–Crippen MR) is 106 cm³/mol. The first-order valence-corrected chi connectivity index (χ1v) is 9.69. The van der Waals surface area contributed by atoms with Crippen LogP contribution in [-0.2, 0) is 22.4 Å². The fraction of sp³-hybridized carbons (Fsp3) is 0.450. The molecule has 1 atom stereocenters. The quantitative estimate of drug-likeness (QED) is 0.645. The molecule has 2 N–H and O–H groups in total. The van der Waals surface area contributed by atoms with E-state index in [1.807, 2.05) is 45.0 Å². The molecular weight excluding hydrogens is 372 g/mol. The third kappa shape index (κ3) is 4.98. The van der Waals surface area contributed by atoms with E-state index in [0.29, 0.717) is 18.7 Å². The highest BCUT2D eigenvalue weighted by atomic mass is 16.2. The summed E-state index contributed by atoms with van der Waals surface area (Å²) in [4.78, 5) is 37.8. The Morgan fingerprint density at radius 2 is 2.03 bits per heavy atom. The molecule has 3 rings (SSSR count). The molecule has 0 saturated carbocycles.